The van der Waals surface area contributed by atoms with Gasteiger partial charge >= 0.3 is 11.9 Å². The fourth-order valence-electron chi connectivity index (χ4n) is 4.82. The second-order valence-corrected chi connectivity index (χ2v) is 6.35. The highest BCUT2D eigenvalue weighted by molar-refractivity contribution is 6.02. The molecule has 2 aromatic rings. The van der Waals surface area contributed by atoms with E-state index in [9.17, 15) is 9.59 Å². The van der Waals surface area contributed by atoms with Crippen molar-refractivity contribution in [3.63, 3.8) is 0 Å². The van der Waals surface area contributed by atoms with E-state index in [1.807, 2.05) is 42.5 Å². The average Bonchev–Trinajstić information content (AvgIpc) is 2.80. The second kappa shape index (κ2) is 4.09. The van der Waals surface area contributed by atoms with Gasteiger partial charge in [0.15, 0.2) is 0 Å². The van der Waals surface area contributed by atoms with Gasteiger partial charge in [-0.3, -0.25) is 9.59 Å². The van der Waals surface area contributed by atoms with Crippen molar-refractivity contribution in [1.29, 1.82) is 0 Å². The van der Waals surface area contributed by atoms with E-state index in [4.69, 9.17) is 9.47 Å². The number of carbonyl (C=O) groups excluding carboxylic acids is 2. The van der Waals surface area contributed by atoms with Gasteiger partial charge in [0.1, 0.15) is 11.5 Å². The zero-order chi connectivity index (χ0) is 15.8. The molecule has 1 saturated heterocycles. The van der Waals surface area contributed by atoms with Crippen LogP contribution in [0.1, 0.15) is 17.0 Å². The summed E-state index contributed by atoms with van der Waals surface area (Å²) in [7, 11) is 1.62. The van der Waals surface area contributed by atoms with Gasteiger partial charge in [0.2, 0.25) is 0 Å². The molecule has 2 fully saturated rings. The zero-order valence-corrected chi connectivity index (χ0v) is 12.5. The molecule has 23 heavy (non-hydrogen) atoms. The highest BCUT2D eigenvalue weighted by atomic mass is 16.6. The maximum absolute atomic E-state index is 12.3. The second-order valence-electron chi connectivity index (χ2n) is 6.35. The molecule has 4 atom stereocenters. The quantitative estimate of drug-likeness (QED) is 0.600. The maximum atomic E-state index is 12.3. The van der Waals surface area contributed by atoms with Gasteiger partial charge < -0.3 is 9.47 Å². The summed E-state index contributed by atoms with van der Waals surface area (Å²) in [6.45, 7) is 0. The molecule has 1 heterocycles. The Bertz CT molecular complexity index is 871. The van der Waals surface area contributed by atoms with Crippen LogP contribution in [0.25, 0.3) is 11.1 Å². The maximum Gasteiger partial charge on any atom is 0.320 e. The molecule has 0 spiro atoms. The largest absolute Gasteiger partial charge is 0.393 e. The first-order valence-electron chi connectivity index (χ1n) is 7.69. The number of hydrogen-bond donors (Lipinski definition) is 0. The number of ether oxygens (including phenoxy) is 2. The third-order valence-corrected chi connectivity index (χ3v) is 5.64. The third kappa shape index (κ3) is 1.28. The molecule has 0 radical (unpaired) electrons. The van der Waals surface area contributed by atoms with Crippen LogP contribution < -0.4 is 0 Å². The van der Waals surface area contributed by atoms with Crippen molar-refractivity contribution in [2.45, 2.75) is 11.5 Å². The SMILES string of the molecule is CO[C@@]12c3ccccc3-c3ccccc3[C@H]1[C@H]1C(=O)OC(=O)[C@@H]12. The number of fused-ring (bicyclic) bond motifs is 9. The van der Waals surface area contributed by atoms with Crippen molar-refractivity contribution >= 4 is 11.9 Å². The molecule has 114 valence electrons. The molecule has 0 bridgehead atoms. The van der Waals surface area contributed by atoms with Gasteiger partial charge in [-0.1, -0.05) is 48.5 Å². The molecule has 2 aliphatic carbocycles. The first-order chi connectivity index (χ1) is 11.2. The predicted octanol–water partition coefficient (Wildman–Crippen LogP) is 2.62. The number of carbonyl (C=O) groups is 2. The lowest BCUT2D eigenvalue weighted by Gasteiger charge is -2.57. The predicted molar refractivity (Wildman–Crippen MR) is 81.4 cm³/mol. The summed E-state index contributed by atoms with van der Waals surface area (Å²) in [4.78, 5) is 24.4. The number of rotatable bonds is 1. The van der Waals surface area contributed by atoms with E-state index in [2.05, 4.69) is 6.07 Å². The Labute approximate surface area is 133 Å². The Morgan fingerprint density at radius 2 is 1.61 bits per heavy atom. The standard InChI is InChI=1S/C19H14O4/c1-22-19-13-9-5-4-7-11(13)10-6-2-3-8-12(10)15(19)14-16(19)18(21)23-17(14)20/h2-9,14-16H,1H3/t14-,15+,16-,19+/m1/s1. The minimum absolute atomic E-state index is 0.178. The Balaban J connectivity index is 1.86. The Kier molecular flexibility index (Phi) is 2.31. The Hall–Kier alpha value is -2.46. The van der Waals surface area contributed by atoms with Gasteiger partial charge in [-0.25, -0.2) is 0 Å². The van der Waals surface area contributed by atoms with Gasteiger partial charge in [0.05, 0.1) is 5.92 Å². The molecule has 1 aliphatic heterocycles. The van der Waals surface area contributed by atoms with Crippen LogP contribution in [0.15, 0.2) is 48.5 Å². The molecule has 0 amide bonds. The van der Waals surface area contributed by atoms with Crippen molar-refractivity contribution in [3.05, 3.63) is 59.7 Å². The lowest BCUT2D eigenvalue weighted by atomic mass is 9.47. The van der Waals surface area contributed by atoms with E-state index in [1.165, 1.54) is 0 Å². The Morgan fingerprint density at radius 1 is 0.913 bits per heavy atom. The molecule has 3 aliphatic rings. The van der Waals surface area contributed by atoms with Crippen molar-refractivity contribution in [2.24, 2.45) is 11.8 Å². The highest BCUT2D eigenvalue weighted by Gasteiger charge is 2.75. The van der Waals surface area contributed by atoms with Crippen molar-refractivity contribution < 1.29 is 19.1 Å². The van der Waals surface area contributed by atoms with E-state index in [1.54, 1.807) is 7.11 Å². The Morgan fingerprint density at radius 3 is 2.39 bits per heavy atom. The fourth-order valence-corrected chi connectivity index (χ4v) is 4.82. The topological polar surface area (TPSA) is 52.6 Å². The molecule has 0 N–H and O–H groups in total. The van der Waals surface area contributed by atoms with Crippen molar-refractivity contribution in [2.75, 3.05) is 7.11 Å². The van der Waals surface area contributed by atoms with Crippen molar-refractivity contribution in [3.8, 4) is 11.1 Å². The van der Waals surface area contributed by atoms with Crippen LogP contribution in [-0.4, -0.2) is 19.0 Å². The minimum atomic E-state index is -0.807. The summed E-state index contributed by atoms with van der Waals surface area (Å²) >= 11 is 0. The number of esters is 2. The molecule has 4 heteroatoms. The number of benzene rings is 2. The average molecular weight is 306 g/mol. The monoisotopic (exact) mass is 306 g/mol. The fraction of sp³-hybridized carbons (Fsp3) is 0.263. The van der Waals surface area contributed by atoms with E-state index < -0.39 is 29.4 Å². The lowest BCUT2D eigenvalue weighted by Crippen LogP contribution is -2.62. The number of hydrogen-bond acceptors (Lipinski definition) is 4. The molecular formula is C19H14O4. The summed E-state index contributed by atoms with van der Waals surface area (Å²) in [5.74, 6) is -2.07. The van der Waals surface area contributed by atoms with Gasteiger partial charge in [-0.2, -0.15) is 0 Å². The van der Waals surface area contributed by atoms with Crippen LogP contribution in [0.4, 0.5) is 0 Å². The van der Waals surface area contributed by atoms with Crippen LogP contribution in [0.5, 0.6) is 0 Å². The van der Waals surface area contributed by atoms with E-state index in [0.717, 1.165) is 22.3 Å². The van der Waals surface area contributed by atoms with E-state index >= 15 is 0 Å². The molecule has 0 aromatic heterocycles. The summed E-state index contributed by atoms with van der Waals surface area (Å²) in [5.41, 5.74) is 3.39. The molecule has 2 aromatic carbocycles. The van der Waals surface area contributed by atoms with Crippen LogP contribution in [0.2, 0.25) is 0 Å². The van der Waals surface area contributed by atoms with Gasteiger partial charge in [0, 0.05) is 13.0 Å². The molecule has 4 nitrogen and oxygen atoms in total. The van der Waals surface area contributed by atoms with Crippen LogP contribution in [-0.2, 0) is 24.7 Å². The van der Waals surface area contributed by atoms with Crippen LogP contribution in [0.3, 0.4) is 0 Å². The highest BCUT2D eigenvalue weighted by Crippen LogP contribution is 2.69. The zero-order valence-electron chi connectivity index (χ0n) is 12.5. The van der Waals surface area contributed by atoms with Gasteiger partial charge in [0.25, 0.3) is 0 Å². The normalized spacial score (nSPS) is 33.0. The minimum Gasteiger partial charge on any atom is -0.393 e. The summed E-state index contributed by atoms with van der Waals surface area (Å²) in [5, 5.41) is 0. The first kappa shape index (κ1) is 13.0. The number of cyclic esters (lactones) is 2. The van der Waals surface area contributed by atoms with E-state index in [0.29, 0.717) is 0 Å². The van der Waals surface area contributed by atoms with Crippen LogP contribution in [0, 0.1) is 11.8 Å². The van der Waals surface area contributed by atoms with Crippen LogP contribution >= 0.6 is 0 Å². The first-order valence-corrected chi connectivity index (χ1v) is 7.69. The molecule has 0 unspecified atom stereocenters. The van der Waals surface area contributed by atoms with Crippen molar-refractivity contribution in [1.82, 2.24) is 0 Å². The molecule has 1 saturated carbocycles. The lowest BCUT2D eigenvalue weighted by molar-refractivity contribution is -0.188. The number of methoxy groups -OCH3 is 1. The van der Waals surface area contributed by atoms with E-state index in [-0.39, 0.29) is 5.92 Å². The smallest absolute Gasteiger partial charge is 0.320 e. The summed E-state index contributed by atoms with van der Waals surface area (Å²) < 4.78 is 10.9. The molecule has 5 rings (SSSR count). The van der Waals surface area contributed by atoms with Gasteiger partial charge in [-0.15, -0.1) is 0 Å². The summed E-state index contributed by atoms with van der Waals surface area (Å²) in [6, 6.07) is 16.0. The third-order valence-electron chi connectivity index (χ3n) is 5.64. The van der Waals surface area contributed by atoms with Gasteiger partial charge in [-0.05, 0) is 22.3 Å². The molecular weight excluding hydrogens is 292 g/mol. The summed E-state index contributed by atoms with van der Waals surface area (Å²) in [6.07, 6.45) is 0.